The molecule has 2 rings (SSSR count). The molecule has 0 aliphatic rings. The summed E-state index contributed by atoms with van der Waals surface area (Å²) in [4.78, 5) is 13.1. The quantitative estimate of drug-likeness (QED) is 0.722. The summed E-state index contributed by atoms with van der Waals surface area (Å²) in [5, 5.41) is 1.95. The van der Waals surface area contributed by atoms with Gasteiger partial charge in [0.25, 0.3) is 0 Å². The Kier molecular flexibility index (Phi) is 3.52. The molecule has 2 aromatic rings. The monoisotopic (exact) mass is 230 g/mol. The van der Waals surface area contributed by atoms with E-state index in [2.05, 4.69) is 6.92 Å². The Morgan fingerprint density at radius 1 is 1.19 bits per heavy atom. The molecule has 1 heterocycles. The molecule has 1 atom stereocenters. The van der Waals surface area contributed by atoms with E-state index < -0.39 is 0 Å². The van der Waals surface area contributed by atoms with Gasteiger partial charge in [0.05, 0.1) is 4.88 Å². The molecule has 82 valence electrons. The molecule has 0 bridgehead atoms. The van der Waals surface area contributed by atoms with Crippen LogP contribution in [0, 0.1) is 0 Å². The molecule has 0 amide bonds. The summed E-state index contributed by atoms with van der Waals surface area (Å²) in [6.07, 6.45) is 0.848. The molecule has 1 aromatic heterocycles. The molecule has 0 aliphatic carbocycles. The van der Waals surface area contributed by atoms with Crippen LogP contribution in [0.25, 0.3) is 0 Å². The second kappa shape index (κ2) is 5.08. The minimum atomic E-state index is -0.000139. The van der Waals surface area contributed by atoms with Crippen LogP contribution in [0.15, 0.2) is 47.8 Å². The lowest BCUT2D eigenvalue weighted by atomic mass is 9.91. The SMILES string of the molecule is CC[C@H](C(=O)c1cccs1)c1ccccc1. The second-order valence-electron chi connectivity index (χ2n) is 3.71. The summed E-state index contributed by atoms with van der Waals surface area (Å²) >= 11 is 1.52. The first-order valence-corrected chi connectivity index (χ1v) is 6.33. The summed E-state index contributed by atoms with van der Waals surface area (Å²) in [7, 11) is 0. The van der Waals surface area contributed by atoms with Crippen LogP contribution in [0.5, 0.6) is 0 Å². The number of carbonyl (C=O) groups is 1. The number of hydrogen-bond acceptors (Lipinski definition) is 2. The molecule has 0 N–H and O–H groups in total. The van der Waals surface area contributed by atoms with E-state index in [9.17, 15) is 4.79 Å². The number of carbonyl (C=O) groups excluding carboxylic acids is 1. The van der Waals surface area contributed by atoms with Gasteiger partial charge in [0.2, 0.25) is 0 Å². The molecule has 0 aliphatic heterocycles. The van der Waals surface area contributed by atoms with Crippen molar-refractivity contribution in [3.8, 4) is 0 Å². The van der Waals surface area contributed by atoms with Crippen LogP contribution in [0.1, 0.15) is 34.5 Å². The number of rotatable bonds is 4. The first kappa shape index (κ1) is 11.1. The highest BCUT2D eigenvalue weighted by Crippen LogP contribution is 2.25. The van der Waals surface area contributed by atoms with Crippen molar-refractivity contribution in [1.82, 2.24) is 0 Å². The van der Waals surface area contributed by atoms with Crippen LogP contribution in [0.4, 0.5) is 0 Å². The van der Waals surface area contributed by atoms with Gasteiger partial charge >= 0.3 is 0 Å². The van der Waals surface area contributed by atoms with Crippen molar-refractivity contribution in [2.75, 3.05) is 0 Å². The van der Waals surface area contributed by atoms with Crippen molar-refractivity contribution in [3.63, 3.8) is 0 Å². The fraction of sp³-hybridized carbons (Fsp3) is 0.214. The van der Waals surface area contributed by atoms with Gasteiger partial charge in [0.15, 0.2) is 5.78 Å². The third-order valence-electron chi connectivity index (χ3n) is 2.69. The fourth-order valence-electron chi connectivity index (χ4n) is 1.85. The highest BCUT2D eigenvalue weighted by molar-refractivity contribution is 7.12. The molecule has 1 nitrogen and oxygen atoms in total. The molecular weight excluding hydrogens is 216 g/mol. The van der Waals surface area contributed by atoms with E-state index in [1.54, 1.807) is 0 Å². The van der Waals surface area contributed by atoms with E-state index in [1.165, 1.54) is 11.3 Å². The number of ketones is 1. The van der Waals surface area contributed by atoms with Crippen molar-refractivity contribution in [2.45, 2.75) is 19.3 Å². The van der Waals surface area contributed by atoms with E-state index in [0.717, 1.165) is 16.9 Å². The van der Waals surface area contributed by atoms with E-state index in [0.29, 0.717) is 0 Å². The van der Waals surface area contributed by atoms with E-state index in [1.807, 2.05) is 47.8 Å². The van der Waals surface area contributed by atoms with Crippen LogP contribution >= 0.6 is 11.3 Å². The maximum atomic E-state index is 12.2. The van der Waals surface area contributed by atoms with Crippen molar-refractivity contribution in [3.05, 3.63) is 58.3 Å². The Morgan fingerprint density at radius 3 is 2.50 bits per heavy atom. The minimum Gasteiger partial charge on any atom is -0.293 e. The maximum Gasteiger partial charge on any atom is 0.180 e. The number of hydrogen-bond donors (Lipinski definition) is 0. The largest absolute Gasteiger partial charge is 0.293 e. The van der Waals surface area contributed by atoms with Crippen LogP contribution in [-0.4, -0.2) is 5.78 Å². The van der Waals surface area contributed by atoms with E-state index in [-0.39, 0.29) is 11.7 Å². The standard InChI is InChI=1S/C14H14OS/c1-2-12(11-7-4-3-5-8-11)14(15)13-9-6-10-16-13/h3-10,12H,2H2,1H3/t12-/m0/s1. The molecule has 0 saturated carbocycles. The summed E-state index contributed by atoms with van der Waals surface area (Å²) < 4.78 is 0. The first-order valence-electron chi connectivity index (χ1n) is 5.45. The van der Waals surface area contributed by atoms with Gasteiger partial charge in [-0.3, -0.25) is 4.79 Å². The van der Waals surface area contributed by atoms with Crippen LogP contribution < -0.4 is 0 Å². The molecule has 2 heteroatoms. The molecule has 16 heavy (non-hydrogen) atoms. The normalized spacial score (nSPS) is 12.3. The molecule has 0 saturated heterocycles. The molecule has 0 spiro atoms. The Morgan fingerprint density at radius 2 is 1.94 bits per heavy atom. The van der Waals surface area contributed by atoms with Crippen LogP contribution in [0.3, 0.4) is 0 Å². The summed E-state index contributed by atoms with van der Waals surface area (Å²) in [5.74, 6) is 0.239. The summed E-state index contributed by atoms with van der Waals surface area (Å²) in [6, 6.07) is 13.8. The summed E-state index contributed by atoms with van der Waals surface area (Å²) in [6.45, 7) is 2.06. The van der Waals surface area contributed by atoms with E-state index >= 15 is 0 Å². The average molecular weight is 230 g/mol. The molecular formula is C14H14OS. The molecule has 0 fully saturated rings. The predicted octanol–water partition coefficient (Wildman–Crippen LogP) is 4.12. The smallest absolute Gasteiger partial charge is 0.180 e. The van der Waals surface area contributed by atoms with E-state index in [4.69, 9.17) is 0 Å². The number of benzene rings is 1. The molecule has 0 unspecified atom stereocenters. The number of thiophene rings is 1. The zero-order valence-electron chi connectivity index (χ0n) is 9.22. The number of Topliss-reactive ketones (excluding diaryl/α,β-unsaturated/α-hetero) is 1. The lowest BCUT2D eigenvalue weighted by Crippen LogP contribution is -2.10. The molecule has 0 radical (unpaired) electrons. The van der Waals surface area contributed by atoms with Crippen molar-refractivity contribution >= 4 is 17.1 Å². The van der Waals surface area contributed by atoms with Crippen molar-refractivity contribution in [1.29, 1.82) is 0 Å². The van der Waals surface area contributed by atoms with Gasteiger partial charge in [-0.25, -0.2) is 0 Å². The highest BCUT2D eigenvalue weighted by Gasteiger charge is 2.20. The van der Waals surface area contributed by atoms with Gasteiger partial charge in [-0.05, 0) is 23.4 Å². The minimum absolute atomic E-state index is 0.000139. The van der Waals surface area contributed by atoms with Gasteiger partial charge in [-0.15, -0.1) is 11.3 Å². The lowest BCUT2D eigenvalue weighted by Gasteiger charge is -2.12. The second-order valence-corrected chi connectivity index (χ2v) is 4.66. The van der Waals surface area contributed by atoms with Gasteiger partial charge < -0.3 is 0 Å². The maximum absolute atomic E-state index is 12.2. The van der Waals surface area contributed by atoms with Gasteiger partial charge in [-0.2, -0.15) is 0 Å². The topological polar surface area (TPSA) is 17.1 Å². The van der Waals surface area contributed by atoms with Crippen molar-refractivity contribution in [2.24, 2.45) is 0 Å². The Bertz CT molecular complexity index is 445. The van der Waals surface area contributed by atoms with Crippen LogP contribution in [-0.2, 0) is 0 Å². The highest BCUT2D eigenvalue weighted by atomic mass is 32.1. The lowest BCUT2D eigenvalue weighted by molar-refractivity contribution is 0.0961. The Balaban J connectivity index is 2.27. The van der Waals surface area contributed by atoms with Gasteiger partial charge in [0.1, 0.15) is 0 Å². The third kappa shape index (κ3) is 2.22. The van der Waals surface area contributed by atoms with Gasteiger partial charge in [0, 0.05) is 5.92 Å². The van der Waals surface area contributed by atoms with Crippen LogP contribution in [0.2, 0.25) is 0 Å². The Labute approximate surface area is 99.8 Å². The fourth-order valence-corrected chi connectivity index (χ4v) is 2.57. The zero-order chi connectivity index (χ0) is 11.4. The molecule has 1 aromatic carbocycles. The average Bonchev–Trinajstić information content (AvgIpc) is 2.85. The summed E-state index contributed by atoms with van der Waals surface area (Å²) in [5.41, 5.74) is 1.11. The van der Waals surface area contributed by atoms with Gasteiger partial charge in [-0.1, -0.05) is 43.3 Å². The zero-order valence-corrected chi connectivity index (χ0v) is 10.0. The third-order valence-corrected chi connectivity index (χ3v) is 3.58. The predicted molar refractivity (Wildman–Crippen MR) is 68.1 cm³/mol. The Hall–Kier alpha value is -1.41. The van der Waals surface area contributed by atoms with Crippen molar-refractivity contribution < 1.29 is 4.79 Å². The first-order chi connectivity index (χ1) is 7.83.